The molecule has 1 heterocycles. The molecule has 1 aliphatic rings. The molecular weight excluding hydrogens is 318 g/mol. The Morgan fingerprint density at radius 3 is 2.67 bits per heavy atom. The molecule has 0 aromatic heterocycles. The number of nitro groups is 1. The fraction of sp³-hybridized carbons (Fsp3) is 0.500. The van der Waals surface area contributed by atoms with Crippen LogP contribution in [0.25, 0.3) is 0 Å². The normalized spacial score (nSPS) is 24.0. The van der Waals surface area contributed by atoms with Gasteiger partial charge >= 0.3 is 0 Å². The largest absolute Gasteiger partial charge is 0.327 e. The average molecular weight is 334 g/mol. The third-order valence-corrected chi connectivity index (χ3v) is 6.03. The standard InChI is InChI=1S/C12H16ClN3O4S/c1-8-7-15(5-4-11(8)14)21(19,20)12-3-2-9(16(17)18)6-10(12)13/h2-3,6,8,11H,4-5,7,14H2,1H3. The summed E-state index contributed by atoms with van der Waals surface area (Å²) >= 11 is 5.91. The average Bonchev–Trinajstić information content (AvgIpc) is 2.41. The molecule has 2 N–H and O–H groups in total. The molecule has 2 atom stereocenters. The monoisotopic (exact) mass is 333 g/mol. The van der Waals surface area contributed by atoms with Gasteiger partial charge in [0.15, 0.2) is 0 Å². The number of sulfonamides is 1. The van der Waals surface area contributed by atoms with Crippen molar-refractivity contribution < 1.29 is 13.3 Å². The Kier molecular flexibility index (Phi) is 4.52. The first-order valence-electron chi connectivity index (χ1n) is 6.43. The van der Waals surface area contributed by atoms with E-state index >= 15 is 0 Å². The van der Waals surface area contributed by atoms with Crippen LogP contribution >= 0.6 is 11.6 Å². The topological polar surface area (TPSA) is 107 Å². The van der Waals surface area contributed by atoms with Crippen LogP contribution in [-0.4, -0.2) is 36.8 Å². The summed E-state index contributed by atoms with van der Waals surface area (Å²) in [6.45, 7) is 2.53. The third-order valence-electron chi connectivity index (χ3n) is 3.68. The van der Waals surface area contributed by atoms with Gasteiger partial charge in [-0.1, -0.05) is 18.5 Å². The van der Waals surface area contributed by atoms with Crippen molar-refractivity contribution in [1.29, 1.82) is 0 Å². The summed E-state index contributed by atoms with van der Waals surface area (Å²) in [5.41, 5.74) is 5.64. The first-order chi connectivity index (χ1) is 9.73. The summed E-state index contributed by atoms with van der Waals surface area (Å²) in [5, 5.41) is 10.5. The molecule has 116 valence electrons. The molecule has 0 spiro atoms. The predicted octanol–water partition coefficient (Wildman–Crippen LogP) is 1.61. The summed E-state index contributed by atoms with van der Waals surface area (Å²) < 4.78 is 26.5. The number of benzene rings is 1. The van der Waals surface area contributed by atoms with E-state index in [0.29, 0.717) is 19.5 Å². The van der Waals surface area contributed by atoms with Gasteiger partial charge in [-0.2, -0.15) is 4.31 Å². The fourth-order valence-electron chi connectivity index (χ4n) is 2.30. The molecule has 1 aliphatic heterocycles. The quantitative estimate of drug-likeness (QED) is 0.668. The van der Waals surface area contributed by atoms with E-state index < -0.39 is 14.9 Å². The second-order valence-electron chi connectivity index (χ2n) is 5.16. The van der Waals surface area contributed by atoms with E-state index in [1.54, 1.807) is 0 Å². The lowest BCUT2D eigenvalue weighted by Gasteiger charge is -2.34. The van der Waals surface area contributed by atoms with Crippen molar-refractivity contribution in [3.8, 4) is 0 Å². The van der Waals surface area contributed by atoms with Crippen LogP contribution in [0.3, 0.4) is 0 Å². The van der Waals surface area contributed by atoms with Gasteiger partial charge in [0, 0.05) is 31.3 Å². The van der Waals surface area contributed by atoms with E-state index in [0.717, 1.165) is 12.1 Å². The second kappa shape index (κ2) is 5.88. The summed E-state index contributed by atoms with van der Waals surface area (Å²) in [6.07, 6.45) is 0.574. The highest BCUT2D eigenvalue weighted by molar-refractivity contribution is 7.89. The minimum absolute atomic E-state index is 0.0243. The molecule has 21 heavy (non-hydrogen) atoms. The Labute approximate surface area is 127 Å². The highest BCUT2D eigenvalue weighted by Gasteiger charge is 2.33. The highest BCUT2D eigenvalue weighted by atomic mass is 35.5. The van der Waals surface area contributed by atoms with Crippen molar-refractivity contribution in [2.75, 3.05) is 13.1 Å². The highest BCUT2D eigenvalue weighted by Crippen LogP contribution is 2.30. The third kappa shape index (κ3) is 3.18. The number of piperidine rings is 1. The van der Waals surface area contributed by atoms with Crippen LogP contribution in [0.15, 0.2) is 23.1 Å². The van der Waals surface area contributed by atoms with Crippen molar-refractivity contribution in [3.05, 3.63) is 33.3 Å². The molecule has 0 saturated carbocycles. The van der Waals surface area contributed by atoms with E-state index in [4.69, 9.17) is 17.3 Å². The zero-order valence-electron chi connectivity index (χ0n) is 11.4. The van der Waals surface area contributed by atoms with Gasteiger partial charge in [-0.3, -0.25) is 10.1 Å². The minimum Gasteiger partial charge on any atom is -0.327 e. The number of rotatable bonds is 3. The van der Waals surface area contributed by atoms with Crippen LogP contribution in [0.1, 0.15) is 13.3 Å². The SMILES string of the molecule is CC1CN(S(=O)(=O)c2ccc([N+](=O)[O-])cc2Cl)CCC1N. The zero-order chi connectivity index (χ0) is 15.8. The van der Waals surface area contributed by atoms with Gasteiger partial charge in [0.05, 0.1) is 9.95 Å². The van der Waals surface area contributed by atoms with Crippen LogP contribution < -0.4 is 5.73 Å². The van der Waals surface area contributed by atoms with Crippen molar-refractivity contribution in [3.63, 3.8) is 0 Å². The number of nitro benzene ring substituents is 1. The van der Waals surface area contributed by atoms with Gasteiger partial charge in [-0.05, 0) is 18.4 Å². The van der Waals surface area contributed by atoms with E-state index in [2.05, 4.69) is 0 Å². The maximum Gasteiger partial charge on any atom is 0.271 e. The molecule has 7 nitrogen and oxygen atoms in total. The Bertz CT molecular complexity index is 664. The summed E-state index contributed by atoms with van der Waals surface area (Å²) in [6, 6.07) is 3.34. The van der Waals surface area contributed by atoms with Gasteiger partial charge in [-0.25, -0.2) is 8.42 Å². The molecule has 2 unspecified atom stereocenters. The van der Waals surface area contributed by atoms with Crippen molar-refractivity contribution in [2.24, 2.45) is 11.7 Å². The van der Waals surface area contributed by atoms with Gasteiger partial charge in [0.2, 0.25) is 10.0 Å². The molecule has 9 heteroatoms. The first kappa shape index (κ1) is 16.2. The van der Waals surface area contributed by atoms with Crippen molar-refractivity contribution >= 4 is 27.3 Å². The zero-order valence-corrected chi connectivity index (χ0v) is 13.0. The minimum atomic E-state index is -3.77. The number of hydrogen-bond donors (Lipinski definition) is 1. The van der Waals surface area contributed by atoms with Crippen LogP contribution in [0, 0.1) is 16.0 Å². The summed E-state index contributed by atoms with van der Waals surface area (Å²) in [4.78, 5) is 9.93. The van der Waals surface area contributed by atoms with Gasteiger partial charge in [-0.15, -0.1) is 0 Å². The van der Waals surface area contributed by atoms with Gasteiger partial charge in [0.25, 0.3) is 5.69 Å². The maximum absolute atomic E-state index is 12.6. The lowest BCUT2D eigenvalue weighted by Crippen LogP contribution is -2.48. The van der Waals surface area contributed by atoms with Gasteiger partial charge < -0.3 is 5.73 Å². The lowest BCUT2D eigenvalue weighted by atomic mass is 9.96. The Morgan fingerprint density at radius 2 is 2.14 bits per heavy atom. The number of non-ortho nitro benzene ring substituents is 1. The van der Waals surface area contributed by atoms with Crippen LogP contribution in [0.5, 0.6) is 0 Å². The van der Waals surface area contributed by atoms with Crippen molar-refractivity contribution in [1.82, 2.24) is 4.31 Å². The molecule has 2 rings (SSSR count). The van der Waals surface area contributed by atoms with E-state index in [1.165, 1.54) is 10.4 Å². The van der Waals surface area contributed by atoms with Gasteiger partial charge in [0.1, 0.15) is 4.90 Å². The number of nitrogens with zero attached hydrogens (tertiary/aromatic N) is 2. The van der Waals surface area contributed by atoms with Crippen molar-refractivity contribution in [2.45, 2.75) is 24.3 Å². The number of halogens is 1. The van der Waals surface area contributed by atoms with E-state index in [1.807, 2.05) is 6.92 Å². The smallest absolute Gasteiger partial charge is 0.271 e. The molecule has 0 aliphatic carbocycles. The molecule has 0 bridgehead atoms. The number of hydrogen-bond acceptors (Lipinski definition) is 5. The van der Waals surface area contributed by atoms with E-state index in [9.17, 15) is 18.5 Å². The molecular formula is C12H16ClN3O4S. The molecule has 1 saturated heterocycles. The Hall–Kier alpha value is -1.22. The molecule has 1 aromatic rings. The number of nitrogens with two attached hydrogens (primary N) is 1. The Morgan fingerprint density at radius 1 is 1.48 bits per heavy atom. The molecule has 1 fully saturated rings. The molecule has 0 amide bonds. The Balaban J connectivity index is 2.34. The second-order valence-corrected chi connectivity index (χ2v) is 7.48. The maximum atomic E-state index is 12.6. The fourth-order valence-corrected chi connectivity index (χ4v) is 4.36. The van der Waals surface area contributed by atoms with E-state index in [-0.39, 0.29) is 27.6 Å². The van der Waals surface area contributed by atoms with Crippen LogP contribution in [-0.2, 0) is 10.0 Å². The van der Waals surface area contributed by atoms with Crippen LogP contribution in [0.2, 0.25) is 5.02 Å². The first-order valence-corrected chi connectivity index (χ1v) is 8.25. The molecule has 1 aromatic carbocycles. The van der Waals surface area contributed by atoms with Crippen LogP contribution in [0.4, 0.5) is 5.69 Å². The summed E-state index contributed by atoms with van der Waals surface area (Å²) in [5.74, 6) is 0.0466. The predicted molar refractivity (Wildman–Crippen MR) is 78.6 cm³/mol. The summed E-state index contributed by atoms with van der Waals surface area (Å²) in [7, 11) is -3.77. The molecule has 0 radical (unpaired) electrons. The lowest BCUT2D eigenvalue weighted by molar-refractivity contribution is -0.384.